The smallest absolute Gasteiger partial charge is 0.550 e. The maximum absolute atomic E-state index is 10.2. The molecule has 0 saturated carbocycles. The number of carboxylic acids is 3. The molecule has 0 aromatic rings. The molecule has 0 aliphatic carbocycles. The van der Waals surface area contributed by atoms with E-state index in [9.17, 15) is 19.5 Å². The predicted molar refractivity (Wildman–Crippen MR) is 186 cm³/mol. The second kappa shape index (κ2) is 49.6. The largest absolute Gasteiger partial charge is 1.00 e. The Kier molecular flexibility index (Phi) is 60.1. The van der Waals surface area contributed by atoms with Crippen molar-refractivity contribution in [3.8, 4) is 0 Å². The molecule has 0 aromatic carbocycles. The van der Waals surface area contributed by atoms with Gasteiger partial charge in [-0.2, -0.15) is 13.5 Å². The Hall–Kier alpha value is -0.240. The van der Waals surface area contributed by atoms with Gasteiger partial charge in [0.15, 0.2) is 0 Å². The van der Waals surface area contributed by atoms with E-state index in [2.05, 4.69) is 20.8 Å². The summed E-state index contributed by atoms with van der Waals surface area (Å²) in [5.74, 6) is -2.23. The maximum atomic E-state index is 10.2. The Morgan fingerprint density at radius 1 is 0.386 bits per heavy atom. The average Bonchev–Trinajstić information content (AvgIpc) is 2.95. The van der Waals surface area contributed by atoms with E-state index < -0.39 is 17.9 Å². The van der Waals surface area contributed by atoms with E-state index in [0.29, 0.717) is 12.8 Å². The van der Waals surface area contributed by atoms with E-state index in [4.69, 9.17) is 10.2 Å². The molecule has 0 aliphatic rings. The van der Waals surface area contributed by atoms with Gasteiger partial charge in [0.05, 0.1) is 0 Å². The molecule has 0 atom stereocenters. The fraction of sp³-hybridized carbons (Fsp3) is 0.917. The van der Waals surface area contributed by atoms with Crippen LogP contribution in [-0.2, 0) is 14.4 Å². The van der Waals surface area contributed by atoms with Crippen LogP contribution in [0.25, 0.3) is 0 Å². The molecular weight excluding hydrogens is 583 g/mol. The van der Waals surface area contributed by atoms with E-state index in [-0.39, 0.29) is 49.5 Å². The first-order chi connectivity index (χ1) is 20.3. The van der Waals surface area contributed by atoms with E-state index in [1.807, 2.05) is 0 Å². The molecular formula is C36H73NaO6S. The van der Waals surface area contributed by atoms with Crippen molar-refractivity contribution in [1.29, 1.82) is 0 Å². The number of rotatable bonds is 30. The molecule has 0 fully saturated rings. The quantitative estimate of drug-likeness (QED) is 0.0603. The standard InChI is InChI=1S/3C12H24O2.Na.H2S/c3*1-2-3-4-5-6-7-8-9-10-11-12(13)14;;/h3*2-11H2,1H3,(H,13,14);;1H2/q;;;+1;/p-1. The van der Waals surface area contributed by atoms with Crippen molar-refractivity contribution in [2.24, 2.45) is 0 Å². The van der Waals surface area contributed by atoms with Crippen LogP contribution >= 0.6 is 13.5 Å². The molecule has 8 heteroatoms. The Balaban J connectivity index is -0.000000169. The summed E-state index contributed by atoms with van der Waals surface area (Å²) < 4.78 is 0. The molecule has 0 radical (unpaired) electrons. The van der Waals surface area contributed by atoms with Crippen LogP contribution in [0.15, 0.2) is 0 Å². The van der Waals surface area contributed by atoms with Crippen molar-refractivity contribution >= 4 is 31.4 Å². The third-order valence-corrected chi connectivity index (χ3v) is 7.47. The zero-order valence-corrected chi connectivity index (χ0v) is 32.7. The summed E-state index contributed by atoms with van der Waals surface area (Å²) in [6, 6.07) is 0. The fourth-order valence-corrected chi connectivity index (χ4v) is 4.75. The van der Waals surface area contributed by atoms with Crippen molar-refractivity contribution in [2.45, 2.75) is 213 Å². The minimum Gasteiger partial charge on any atom is -0.550 e. The third kappa shape index (κ3) is 64.6. The fourth-order valence-electron chi connectivity index (χ4n) is 4.75. The van der Waals surface area contributed by atoms with Crippen LogP contribution in [0.2, 0.25) is 0 Å². The number of hydrogen-bond acceptors (Lipinski definition) is 4. The van der Waals surface area contributed by atoms with Gasteiger partial charge >= 0.3 is 41.5 Å². The molecule has 0 spiro atoms. The van der Waals surface area contributed by atoms with Gasteiger partial charge in [-0.3, -0.25) is 9.59 Å². The summed E-state index contributed by atoms with van der Waals surface area (Å²) in [6.07, 6.45) is 34.1. The van der Waals surface area contributed by atoms with Gasteiger partial charge in [0.25, 0.3) is 0 Å². The molecule has 0 bridgehead atoms. The molecule has 0 aromatic heterocycles. The van der Waals surface area contributed by atoms with Crippen LogP contribution < -0.4 is 34.7 Å². The van der Waals surface area contributed by atoms with Crippen LogP contribution in [0, 0.1) is 0 Å². The van der Waals surface area contributed by atoms with E-state index in [1.54, 1.807) is 0 Å². The molecule has 2 N–H and O–H groups in total. The number of hydrogen-bond donors (Lipinski definition) is 2. The van der Waals surface area contributed by atoms with Crippen LogP contribution in [0.4, 0.5) is 0 Å². The van der Waals surface area contributed by atoms with Crippen LogP contribution in [-0.4, -0.2) is 28.1 Å². The molecule has 0 heterocycles. The van der Waals surface area contributed by atoms with Gasteiger partial charge in [0.2, 0.25) is 0 Å². The Morgan fingerprint density at radius 3 is 0.750 bits per heavy atom. The van der Waals surface area contributed by atoms with E-state index in [0.717, 1.165) is 38.5 Å². The molecule has 44 heavy (non-hydrogen) atoms. The Labute approximate surface area is 302 Å². The Bertz CT molecular complexity index is 487. The third-order valence-electron chi connectivity index (χ3n) is 7.47. The van der Waals surface area contributed by atoms with Gasteiger partial charge in [0, 0.05) is 18.8 Å². The second-order valence-corrected chi connectivity index (χ2v) is 11.9. The molecule has 6 nitrogen and oxygen atoms in total. The predicted octanol–water partition coefficient (Wildman–Crippen LogP) is 7.76. The van der Waals surface area contributed by atoms with Crippen molar-refractivity contribution in [2.75, 3.05) is 0 Å². The summed E-state index contributed by atoms with van der Waals surface area (Å²) in [7, 11) is 0. The summed E-state index contributed by atoms with van der Waals surface area (Å²) >= 11 is 0. The second-order valence-electron chi connectivity index (χ2n) is 11.9. The van der Waals surface area contributed by atoms with Crippen LogP contribution in [0.1, 0.15) is 213 Å². The number of unbranched alkanes of at least 4 members (excludes halogenated alkanes) is 24. The van der Waals surface area contributed by atoms with Gasteiger partial charge in [0.1, 0.15) is 0 Å². The monoisotopic (exact) mass is 657 g/mol. The molecule has 0 unspecified atom stereocenters. The first-order valence-corrected chi connectivity index (χ1v) is 17.9. The van der Waals surface area contributed by atoms with E-state index in [1.165, 1.54) is 135 Å². The zero-order valence-electron chi connectivity index (χ0n) is 29.7. The summed E-state index contributed by atoms with van der Waals surface area (Å²) in [6.45, 7) is 6.68. The van der Waals surface area contributed by atoms with Crippen molar-refractivity contribution in [1.82, 2.24) is 0 Å². The van der Waals surface area contributed by atoms with Crippen LogP contribution in [0.5, 0.6) is 0 Å². The summed E-state index contributed by atoms with van der Waals surface area (Å²) in [4.78, 5) is 30.5. The summed E-state index contributed by atoms with van der Waals surface area (Å²) in [5.41, 5.74) is 0. The normalized spacial score (nSPS) is 9.89. The molecule has 0 amide bonds. The number of carbonyl (C=O) groups is 3. The van der Waals surface area contributed by atoms with Gasteiger partial charge in [-0.15, -0.1) is 0 Å². The topological polar surface area (TPSA) is 115 Å². The van der Waals surface area contributed by atoms with E-state index >= 15 is 0 Å². The van der Waals surface area contributed by atoms with Gasteiger partial charge in [-0.25, -0.2) is 0 Å². The Morgan fingerprint density at radius 2 is 0.568 bits per heavy atom. The molecule has 0 aliphatic heterocycles. The van der Waals surface area contributed by atoms with Crippen molar-refractivity contribution < 1.29 is 59.3 Å². The molecule has 0 saturated heterocycles. The number of carboxylic acid groups (broad SMARTS) is 3. The minimum atomic E-state index is -0.909. The SMILES string of the molecule is CCCCCCCCCCCC(=O)O.CCCCCCCCCCCC(=O)O.CCCCCCCCCCCC(=O)[O-].S.[Na+]. The van der Waals surface area contributed by atoms with Gasteiger partial charge < -0.3 is 20.1 Å². The number of carbonyl (C=O) groups excluding carboxylic acids is 1. The van der Waals surface area contributed by atoms with Crippen molar-refractivity contribution in [3.63, 3.8) is 0 Å². The first kappa shape index (κ1) is 53.3. The van der Waals surface area contributed by atoms with Gasteiger partial charge in [-0.05, 0) is 25.7 Å². The minimum absolute atomic E-state index is 0. The van der Waals surface area contributed by atoms with Gasteiger partial charge in [-0.1, -0.05) is 175 Å². The van der Waals surface area contributed by atoms with Crippen LogP contribution in [0.3, 0.4) is 0 Å². The van der Waals surface area contributed by atoms with Crippen molar-refractivity contribution in [3.05, 3.63) is 0 Å². The number of aliphatic carboxylic acids is 3. The average molecular weight is 657 g/mol. The molecule has 0 rings (SSSR count). The molecule has 260 valence electrons. The maximum Gasteiger partial charge on any atom is 1.00 e. The zero-order chi connectivity index (χ0) is 31.9. The summed E-state index contributed by atoms with van der Waals surface area (Å²) in [5, 5.41) is 26.9. The first-order valence-electron chi connectivity index (χ1n) is 17.9.